The van der Waals surface area contributed by atoms with Gasteiger partial charge in [-0.2, -0.15) is 0 Å². The van der Waals surface area contributed by atoms with Crippen LogP contribution in [0.1, 0.15) is 26.3 Å². The van der Waals surface area contributed by atoms with Crippen molar-refractivity contribution in [1.29, 1.82) is 0 Å². The van der Waals surface area contributed by atoms with E-state index in [0.29, 0.717) is 28.1 Å². The minimum atomic E-state index is -0.340. The summed E-state index contributed by atoms with van der Waals surface area (Å²) < 4.78 is 5.21. The zero-order valence-electron chi connectivity index (χ0n) is 13.7. The van der Waals surface area contributed by atoms with Crippen LogP contribution in [0.3, 0.4) is 0 Å². The number of hydrogen-bond donors (Lipinski definition) is 1. The molecule has 0 fully saturated rings. The number of amides is 1. The molecule has 0 saturated heterocycles. The number of carbonyl (C=O) groups is 2. The number of rotatable bonds is 5. The molecular formula is C21H17NO3. The van der Waals surface area contributed by atoms with Gasteiger partial charge >= 0.3 is 0 Å². The minimum absolute atomic E-state index is 0.224. The Bertz CT molecular complexity index is 890. The Balaban J connectivity index is 1.99. The average molecular weight is 331 g/mol. The molecule has 0 spiro atoms. The second-order valence-corrected chi connectivity index (χ2v) is 5.43. The van der Waals surface area contributed by atoms with Crippen molar-refractivity contribution >= 4 is 17.4 Å². The fraction of sp³-hybridized carbons (Fsp3) is 0.0476. The van der Waals surface area contributed by atoms with Crippen LogP contribution in [0.5, 0.6) is 5.75 Å². The molecular weight excluding hydrogens is 314 g/mol. The van der Waals surface area contributed by atoms with Gasteiger partial charge in [0.2, 0.25) is 0 Å². The van der Waals surface area contributed by atoms with E-state index in [1.54, 1.807) is 54.6 Å². The van der Waals surface area contributed by atoms with E-state index < -0.39 is 0 Å². The van der Waals surface area contributed by atoms with Gasteiger partial charge in [-0.1, -0.05) is 48.5 Å². The van der Waals surface area contributed by atoms with E-state index in [4.69, 9.17) is 4.74 Å². The molecule has 0 aliphatic rings. The van der Waals surface area contributed by atoms with Crippen LogP contribution >= 0.6 is 0 Å². The molecule has 0 atom stereocenters. The predicted molar refractivity (Wildman–Crippen MR) is 97.3 cm³/mol. The fourth-order valence-electron chi connectivity index (χ4n) is 2.50. The number of methoxy groups -OCH3 is 1. The Labute approximate surface area is 146 Å². The normalized spacial score (nSPS) is 10.1. The minimum Gasteiger partial charge on any atom is -0.497 e. The van der Waals surface area contributed by atoms with E-state index in [9.17, 15) is 9.59 Å². The quantitative estimate of drug-likeness (QED) is 0.714. The molecule has 0 unspecified atom stereocenters. The number of benzene rings is 3. The summed E-state index contributed by atoms with van der Waals surface area (Å²) in [6.07, 6.45) is 0. The first-order chi connectivity index (χ1) is 12.2. The molecule has 124 valence electrons. The summed E-state index contributed by atoms with van der Waals surface area (Å²) >= 11 is 0. The second kappa shape index (κ2) is 7.45. The van der Waals surface area contributed by atoms with Crippen LogP contribution < -0.4 is 10.1 Å². The van der Waals surface area contributed by atoms with Gasteiger partial charge < -0.3 is 10.1 Å². The lowest BCUT2D eigenvalue weighted by atomic mass is 9.97. The summed E-state index contributed by atoms with van der Waals surface area (Å²) in [5.74, 6) is -0.0404. The van der Waals surface area contributed by atoms with Crippen molar-refractivity contribution in [2.45, 2.75) is 0 Å². The number of nitrogens with one attached hydrogen (secondary N) is 1. The van der Waals surface area contributed by atoms with Crippen molar-refractivity contribution in [3.8, 4) is 5.75 Å². The summed E-state index contributed by atoms with van der Waals surface area (Å²) in [5, 5.41) is 2.81. The third-order valence-corrected chi connectivity index (χ3v) is 3.78. The number of carbonyl (C=O) groups excluding carboxylic acids is 2. The molecule has 0 heterocycles. The fourth-order valence-corrected chi connectivity index (χ4v) is 2.50. The van der Waals surface area contributed by atoms with E-state index in [2.05, 4.69) is 5.32 Å². The molecule has 3 aromatic rings. The highest BCUT2D eigenvalue weighted by molar-refractivity contribution is 6.17. The van der Waals surface area contributed by atoms with Crippen LogP contribution in [0.4, 0.5) is 5.69 Å². The van der Waals surface area contributed by atoms with Crippen LogP contribution in [0.15, 0.2) is 78.9 Å². The zero-order valence-corrected chi connectivity index (χ0v) is 13.7. The van der Waals surface area contributed by atoms with Gasteiger partial charge in [0.15, 0.2) is 5.78 Å². The molecule has 0 radical (unpaired) electrons. The van der Waals surface area contributed by atoms with Crippen LogP contribution in [0.2, 0.25) is 0 Å². The molecule has 0 aliphatic carbocycles. The molecule has 4 nitrogen and oxygen atoms in total. The van der Waals surface area contributed by atoms with Crippen LogP contribution in [-0.4, -0.2) is 18.8 Å². The highest BCUT2D eigenvalue weighted by Crippen LogP contribution is 2.22. The average Bonchev–Trinajstić information content (AvgIpc) is 2.68. The van der Waals surface area contributed by atoms with E-state index in [-0.39, 0.29) is 11.7 Å². The summed E-state index contributed by atoms with van der Waals surface area (Å²) in [6.45, 7) is 0. The van der Waals surface area contributed by atoms with Gasteiger partial charge in [0.25, 0.3) is 5.91 Å². The van der Waals surface area contributed by atoms with Gasteiger partial charge in [0.05, 0.1) is 12.7 Å². The van der Waals surface area contributed by atoms with Gasteiger partial charge in [-0.3, -0.25) is 9.59 Å². The molecule has 3 rings (SSSR count). The lowest BCUT2D eigenvalue weighted by Crippen LogP contribution is -2.17. The zero-order chi connectivity index (χ0) is 17.6. The van der Waals surface area contributed by atoms with E-state index >= 15 is 0 Å². The molecule has 1 N–H and O–H groups in total. The van der Waals surface area contributed by atoms with Crippen molar-refractivity contribution in [3.63, 3.8) is 0 Å². The number of para-hydroxylation sites is 1. The van der Waals surface area contributed by atoms with Gasteiger partial charge in [-0.15, -0.1) is 0 Å². The van der Waals surface area contributed by atoms with Crippen LogP contribution in [0, 0.1) is 0 Å². The van der Waals surface area contributed by atoms with Gasteiger partial charge in [-0.05, 0) is 30.3 Å². The Hall–Kier alpha value is -3.40. The molecule has 0 bridgehead atoms. The van der Waals surface area contributed by atoms with E-state index in [1.165, 1.54) is 7.11 Å². The van der Waals surface area contributed by atoms with Crippen LogP contribution in [-0.2, 0) is 0 Å². The Morgan fingerprint density at radius 2 is 1.44 bits per heavy atom. The van der Waals surface area contributed by atoms with Crippen molar-refractivity contribution in [2.75, 3.05) is 12.4 Å². The first kappa shape index (κ1) is 16.5. The van der Waals surface area contributed by atoms with Gasteiger partial charge in [0.1, 0.15) is 5.75 Å². The molecule has 1 amide bonds. The monoisotopic (exact) mass is 331 g/mol. The van der Waals surface area contributed by atoms with Gasteiger partial charge in [0, 0.05) is 16.8 Å². The number of ether oxygens (including phenoxy) is 1. The molecule has 3 aromatic carbocycles. The lowest BCUT2D eigenvalue weighted by Gasteiger charge is -2.11. The van der Waals surface area contributed by atoms with E-state index in [1.807, 2.05) is 24.3 Å². The SMILES string of the molecule is COc1ccc(C(=O)Nc2ccccc2)c(C(=O)c2ccccc2)c1. The molecule has 0 aromatic heterocycles. The maximum atomic E-state index is 12.9. The number of anilines is 1. The van der Waals surface area contributed by atoms with Crippen molar-refractivity contribution in [3.05, 3.63) is 95.6 Å². The van der Waals surface area contributed by atoms with Crippen molar-refractivity contribution in [2.24, 2.45) is 0 Å². The lowest BCUT2D eigenvalue weighted by molar-refractivity contribution is 0.0996. The Morgan fingerprint density at radius 3 is 2.08 bits per heavy atom. The first-order valence-corrected chi connectivity index (χ1v) is 7.83. The molecule has 25 heavy (non-hydrogen) atoms. The molecule has 0 saturated carbocycles. The Morgan fingerprint density at radius 1 is 0.800 bits per heavy atom. The van der Waals surface area contributed by atoms with Crippen LogP contribution in [0.25, 0.3) is 0 Å². The highest BCUT2D eigenvalue weighted by atomic mass is 16.5. The topological polar surface area (TPSA) is 55.4 Å². The smallest absolute Gasteiger partial charge is 0.256 e. The standard InChI is InChI=1S/C21H17NO3/c1-25-17-12-13-18(21(24)22-16-10-6-3-7-11-16)19(14-17)20(23)15-8-4-2-5-9-15/h2-14H,1H3,(H,22,24). The maximum Gasteiger partial charge on any atom is 0.256 e. The molecule has 4 heteroatoms. The highest BCUT2D eigenvalue weighted by Gasteiger charge is 2.19. The van der Waals surface area contributed by atoms with E-state index in [0.717, 1.165) is 0 Å². The maximum absolute atomic E-state index is 12.9. The van der Waals surface area contributed by atoms with Crippen molar-refractivity contribution in [1.82, 2.24) is 0 Å². The first-order valence-electron chi connectivity index (χ1n) is 7.83. The summed E-state index contributed by atoms with van der Waals surface area (Å²) in [5.41, 5.74) is 1.79. The molecule has 0 aliphatic heterocycles. The summed E-state index contributed by atoms with van der Waals surface area (Å²) in [4.78, 5) is 25.5. The largest absolute Gasteiger partial charge is 0.497 e. The predicted octanol–water partition coefficient (Wildman–Crippen LogP) is 4.18. The Kier molecular flexibility index (Phi) is 4.90. The van der Waals surface area contributed by atoms with Crippen molar-refractivity contribution < 1.29 is 14.3 Å². The third-order valence-electron chi connectivity index (χ3n) is 3.78. The second-order valence-electron chi connectivity index (χ2n) is 5.43. The summed E-state index contributed by atoms with van der Waals surface area (Å²) in [6, 6.07) is 22.8. The van der Waals surface area contributed by atoms with Gasteiger partial charge in [-0.25, -0.2) is 0 Å². The number of hydrogen-bond acceptors (Lipinski definition) is 3. The number of ketones is 1. The summed E-state index contributed by atoms with van der Waals surface area (Å²) in [7, 11) is 1.52. The third kappa shape index (κ3) is 3.75.